The number of benzene rings is 6. The lowest BCUT2D eigenvalue weighted by Gasteiger charge is -2.45. The van der Waals surface area contributed by atoms with Gasteiger partial charge in [0, 0.05) is 24.9 Å². The number of esters is 1. The van der Waals surface area contributed by atoms with Crippen LogP contribution in [0, 0.1) is 0 Å². The SMILES string of the molecule is CCCC(=O)N(Cc1ccc(-c2ccccc2C2(C(c3ccccc3)(c3ccccc3)c3ccccc3)N=NN=N2)cc1)[C@@H](Cc1ccccc1)C(=O)OC. The highest BCUT2D eigenvalue weighted by Gasteiger charge is 2.60. The lowest BCUT2D eigenvalue weighted by atomic mass is 9.59. The summed E-state index contributed by atoms with van der Waals surface area (Å²) in [5.41, 5.74) is 5.17. The molecule has 0 unspecified atom stereocenters. The molecule has 55 heavy (non-hydrogen) atoms. The van der Waals surface area contributed by atoms with Gasteiger partial charge in [0.1, 0.15) is 6.04 Å². The Hall–Kier alpha value is -6.54. The predicted molar refractivity (Wildman–Crippen MR) is 214 cm³/mol. The number of rotatable bonds is 14. The summed E-state index contributed by atoms with van der Waals surface area (Å²) in [6.07, 6.45) is 1.34. The van der Waals surface area contributed by atoms with Crippen molar-refractivity contribution in [3.63, 3.8) is 0 Å². The first-order chi connectivity index (χ1) is 27.0. The van der Waals surface area contributed by atoms with Crippen molar-refractivity contribution in [2.45, 2.75) is 49.9 Å². The highest BCUT2D eigenvalue weighted by atomic mass is 16.5. The number of methoxy groups -OCH3 is 1. The average molecular weight is 726 g/mol. The lowest BCUT2D eigenvalue weighted by Crippen LogP contribution is -2.48. The summed E-state index contributed by atoms with van der Waals surface area (Å²) in [5.74, 6) is -0.538. The molecule has 0 bridgehead atoms. The minimum absolute atomic E-state index is 0.0961. The topological polar surface area (TPSA) is 96.0 Å². The summed E-state index contributed by atoms with van der Waals surface area (Å²) < 4.78 is 5.24. The molecule has 0 N–H and O–H groups in total. The van der Waals surface area contributed by atoms with Gasteiger partial charge >= 0.3 is 5.97 Å². The monoisotopic (exact) mass is 725 g/mol. The number of carbonyl (C=O) groups excluding carboxylic acids is 2. The Morgan fingerprint density at radius 1 is 0.636 bits per heavy atom. The van der Waals surface area contributed by atoms with Crippen molar-refractivity contribution < 1.29 is 14.3 Å². The molecule has 0 radical (unpaired) electrons. The Morgan fingerprint density at radius 3 is 1.64 bits per heavy atom. The Bertz CT molecular complexity index is 2150. The summed E-state index contributed by atoms with van der Waals surface area (Å²) in [4.78, 5) is 28.5. The normalized spacial score (nSPS) is 13.6. The third-order valence-corrected chi connectivity index (χ3v) is 10.4. The van der Waals surface area contributed by atoms with Crippen LogP contribution in [0.5, 0.6) is 0 Å². The van der Waals surface area contributed by atoms with Gasteiger partial charge in [0.05, 0.1) is 12.5 Å². The van der Waals surface area contributed by atoms with Crippen molar-refractivity contribution in [1.82, 2.24) is 4.90 Å². The van der Waals surface area contributed by atoms with Crippen LogP contribution in [-0.2, 0) is 38.4 Å². The van der Waals surface area contributed by atoms with Gasteiger partial charge in [-0.25, -0.2) is 4.79 Å². The molecule has 274 valence electrons. The summed E-state index contributed by atoms with van der Waals surface area (Å²) in [7, 11) is 1.37. The van der Waals surface area contributed by atoms with E-state index in [1.807, 2.05) is 128 Å². The molecule has 0 aromatic heterocycles. The first kappa shape index (κ1) is 36.8. The minimum Gasteiger partial charge on any atom is -0.467 e. The largest absolute Gasteiger partial charge is 0.467 e. The summed E-state index contributed by atoms with van der Waals surface area (Å²) in [5, 5.41) is 18.5. The van der Waals surface area contributed by atoms with Gasteiger partial charge in [-0.1, -0.05) is 177 Å². The van der Waals surface area contributed by atoms with Crippen LogP contribution >= 0.6 is 0 Å². The molecule has 0 aliphatic carbocycles. The predicted octanol–water partition coefficient (Wildman–Crippen LogP) is 10.3. The van der Waals surface area contributed by atoms with Crippen LogP contribution in [0.1, 0.15) is 53.1 Å². The molecule has 7 rings (SSSR count). The molecule has 1 aliphatic rings. The van der Waals surface area contributed by atoms with E-state index in [2.05, 4.69) is 59.0 Å². The first-order valence-corrected chi connectivity index (χ1v) is 18.6. The van der Waals surface area contributed by atoms with Crippen molar-refractivity contribution in [1.29, 1.82) is 0 Å². The quantitative estimate of drug-likeness (QED) is 0.0826. The molecule has 6 aromatic rings. The van der Waals surface area contributed by atoms with Crippen molar-refractivity contribution in [3.8, 4) is 11.1 Å². The van der Waals surface area contributed by atoms with Gasteiger partial charge in [0.2, 0.25) is 11.6 Å². The van der Waals surface area contributed by atoms with E-state index in [1.54, 1.807) is 4.90 Å². The van der Waals surface area contributed by atoms with Crippen LogP contribution in [0.25, 0.3) is 11.1 Å². The van der Waals surface area contributed by atoms with Crippen LogP contribution in [0.3, 0.4) is 0 Å². The maximum absolute atomic E-state index is 13.6. The van der Waals surface area contributed by atoms with E-state index in [0.29, 0.717) is 19.3 Å². The van der Waals surface area contributed by atoms with Crippen LogP contribution < -0.4 is 0 Å². The van der Waals surface area contributed by atoms with Crippen LogP contribution in [0.4, 0.5) is 0 Å². The van der Waals surface area contributed by atoms with Gasteiger partial charge in [0.25, 0.3) is 0 Å². The number of carbonyl (C=O) groups is 2. The summed E-state index contributed by atoms with van der Waals surface area (Å²) in [6.45, 7) is 2.21. The Kier molecular flexibility index (Phi) is 11.1. The second-order valence-electron chi connectivity index (χ2n) is 13.6. The molecule has 0 saturated heterocycles. The third kappa shape index (κ3) is 7.11. The second-order valence-corrected chi connectivity index (χ2v) is 13.6. The van der Waals surface area contributed by atoms with Gasteiger partial charge in [-0.2, -0.15) is 0 Å². The number of hydrogen-bond donors (Lipinski definition) is 0. The van der Waals surface area contributed by atoms with Crippen LogP contribution in [0.2, 0.25) is 0 Å². The van der Waals surface area contributed by atoms with E-state index in [0.717, 1.165) is 44.5 Å². The van der Waals surface area contributed by atoms with Crippen LogP contribution in [-0.4, -0.2) is 29.9 Å². The molecule has 0 saturated carbocycles. The molecule has 8 nitrogen and oxygen atoms in total. The number of nitrogens with zero attached hydrogens (tertiary/aromatic N) is 5. The Labute approximate surface area is 322 Å². The fraction of sp³-hybridized carbons (Fsp3) is 0.191. The zero-order chi connectivity index (χ0) is 38.1. The fourth-order valence-corrected chi connectivity index (χ4v) is 7.87. The van der Waals surface area contributed by atoms with E-state index in [-0.39, 0.29) is 12.5 Å². The summed E-state index contributed by atoms with van der Waals surface area (Å²) in [6, 6.07) is 56.2. The van der Waals surface area contributed by atoms with E-state index in [1.165, 1.54) is 7.11 Å². The summed E-state index contributed by atoms with van der Waals surface area (Å²) >= 11 is 0. The van der Waals surface area contributed by atoms with Gasteiger partial charge in [0.15, 0.2) is 0 Å². The van der Waals surface area contributed by atoms with Gasteiger partial charge < -0.3 is 9.64 Å². The average Bonchev–Trinajstić information content (AvgIpc) is 3.75. The first-order valence-electron chi connectivity index (χ1n) is 18.6. The lowest BCUT2D eigenvalue weighted by molar-refractivity contribution is -0.153. The third-order valence-electron chi connectivity index (χ3n) is 10.4. The van der Waals surface area contributed by atoms with Gasteiger partial charge in [-0.15, -0.1) is 10.2 Å². The fourth-order valence-electron chi connectivity index (χ4n) is 7.87. The molecule has 1 aliphatic heterocycles. The minimum atomic E-state index is -1.33. The molecule has 6 aromatic carbocycles. The van der Waals surface area contributed by atoms with Crippen molar-refractivity contribution in [2.75, 3.05) is 7.11 Å². The Morgan fingerprint density at radius 2 is 1.13 bits per heavy atom. The molecular weight excluding hydrogens is 683 g/mol. The number of amides is 1. The van der Waals surface area contributed by atoms with Gasteiger partial charge in [-0.05, 0) is 55.8 Å². The standard InChI is InChI=1S/C47H43N5O3/c1-3-18-44(53)52(43(45(54)55-2)33-35-19-8-4-9-20-35)34-36-29-31-37(32-30-36)41-27-16-17-28-42(41)47(48-50-51-49-47)46(38-21-10-5-11-22-38,39-23-12-6-13-24-39)40-25-14-7-15-26-40/h4-17,19-32,43H,3,18,33-34H2,1-2H3/t43-/m0/s1. The molecule has 0 fully saturated rings. The zero-order valence-corrected chi connectivity index (χ0v) is 31.0. The zero-order valence-electron chi connectivity index (χ0n) is 31.0. The van der Waals surface area contributed by atoms with E-state index in [9.17, 15) is 9.59 Å². The maximum atomic E-state index is 13.6. The number of ether oxygens (including phenoxy) is 1. The molecule has 8 heteroatoms. The van der Waals surface area contributed by atoms with Crippen molar-refractivity contribution in [2.24, 2.45) is 20.7 Å². The maximum Gasteiger partial charge on any atom is 0.328 e. The van der Waals surface area contributed by atoms with Crippen molar-refractivity contribution >= 4 is 11.9 Å². The molecular formula is C47H43N5O3. The molecule has 0 spiro atoms. The highest BCUT2D eigenvalue weighted by Crippen LogP contribution is 2.58. The molecule has 1 amide bonds. The Balaban J connectivity index is 1.34. The highest BCUT2D eigenvalue weighted by molar-refractivity contribution is 5.85. The van der Waals surface area contributed by atoms with Crippen LogP contribution in [0.15, 0.2) is 191 Å². The van der Waals surface area contributed by atoms with E-state index in [4.69, 9.17) is 15.0 Å². The second kappa shape index (κ2) is 16.6. The molecule has 1 heterocycles. The smallest absolute Gasteiger partial charge is 0.328 e. The van der Waals surface area contributed by atoms with E-state index < -0.39 is 23.1 Å². The van der Waals surface area contributed by atoms with E-state index >= 15 is 0 Å². The van der Waals surface area contributed by atoms with Crippen molar-refractivity contribution in [3.05, 3.63) is 203 Å². The van der Waals surface area contributed by atoms with Gasteiger partial charge in [-0.3, -0.25) is 4.79 Å². The number of hydrogen-bond acceptors (Lipinski definition) is 7. The molecule has 1 atom stereocenters.